The number of aryl methyl sites for hydroxylation is 1. The van der Waals surface area contributed by atoms with Gasteiger partial charge in [-0.25, -0.2) is 0 Å². The van der Waals surface area contributed by atoms with Gasteiger partial charge in [0.2, 0.25) is 0 Å². The summed E-state index contributed by atoms with van der Waals surface area (Å²) in [6.45, 7) is 5.99. The first-order valence-electron chi connectivity index (χ1n) is 6.30. The summed E-state index contributed by atoms with van der Waals surface area (Å²) < 4.78 is 5.68. The quantitative estimate of drug-likeness (QED) is 0.847. The van der Waals surface area contributed by atoms with Gasteiger partial charge < -0.3 is 10.1 Å². The molecule has 0 aliphatic carbocycles. The largest absolute Gasteiger partial charge is 0.496 e. The maximum absolute atomic E-state index is 5.68. The average molecular weight is 232 g/mol. The number of nitrogens with zero attached hydrogens (tertiary/aromatic N) is 1. The Labute approximate surface area is 103 Å². The number of ether oxygens (including phenoxy) is 1. The van der Waals surface area contributed by atoms with Crippen LogP contribution in [0.25, 0.3) is 0 Å². The minimum atomic E-state index is 0.180. The van der Waals surface area contributed by atoms with Gasteiger partial charge in [0.15, 0.2) is 0 Å². The van der Waals surface area contributed by atoms with E-state index in [0.29, 0.717) is 0 Å². The fourth-order valence-electron chi connectivity index (χ4n) is 2.06. The van der Waals surface area contributed by atoms with Crippen LogP contribution in [0, 0.1) is 6.92 Å². The summed E-state index contributed by atoms with van der Waals surface area (Å²) in [6.07, 6.45) is 6.18. The molecule has 17 heavy (non-hydrogen) atoms. The van der Waals surface area contributed by atoms with E-state index in [1.807, 2.05) is 13.1 Å². The van der Waals surface area contributed by atoms with Gasteiger partial charge in [-0.3, -0.25) is 4.98 Å². The van der Waals surface area contributed by atoms with Crippen molar-refractivity contribution in [1.29, 1.82) is 0 Å². The number of hydrogen-bond acceptors (Lipinski definition) is 3. The van der Waals surface area contributed by atoms with Crippen LogP contribution in [-0.4, -0.2) is 18.1 Å². The van der Waals surface area contributed by atoms with Gasteiger partial charge in [-0.15, -0.1) is 0 Å². The topological polar surface area (TPSA) is 34.1 Å². The molecule has 1 N–H and O–H groups in total. The summed E-state index contributed by atoms with van der Waals surface area (Å²) in [5, 5.41) is 3.53. The van der Waals surface area contributed by atoms with Crippen LogP contribution in [0.5, 0.6) is 0 Å². The minimum absolute atomic E-state index is 0.180. The summed E-state index contributed by atoms with van der Waals surface area (Å²) in [5.74, 6) is 1.06. The Morgan fingerprint density at radius 1 is 1.53 bits per heavy atom. The van der Waals surface area contributed by atoms with Crippen molar-refractivity contribution in [2.24, 2.45) is 0 Å². The molecule has 1 atom stereocenters. The molecule has 0 saturated heterocycles. The van der Waals surface area contributed by atoms with Gasteiger partial charge in [-0.05, 0) is 43.7 Å². The van der Waals surface area contributed by atoms with Gasteiger partial charge in [0, 0.05) is 18.3 Å². The third-order valence-electron chi connectivity index (χ3n) is 2.87. The Bertz CT molecular complexity index is 401. The molecule has 0 aromatic carbocycles. The van der Waals surface area contributed by atoms with Crippen LogP contribution in [0.15, 0.2) is 30.2 Å². The van der Waals surface area contributed by atoms with Crippen molar-refractivity contribution in [3.8, 4) is 0 Å². The predicted octanol–water partition coefficient (Wildman–Crippen LogP) is 2.73. The van der Waals surface area contributed by atoms with E-state index in [-0.39, 0.29) is 6.04 Å². The van der Waals surface area contributed by atoms with Gasteiger partial charge in [0.05, 0.1) is 12.6 Å². The summed E-state index contributed by atoms with van der Waals surface area (Å²) in [5.41, 5.74) is 2.28. The molecular formula is C14H20N2O. The average Bonchev–Trinajstić information content (AvgIpc) is 2.83. The highest BCUT2D eigenvalue weighted by Gasteiger charge is 2.20. The molecule has 0 amide bonds. The van der Waals surface area contributed by atoms with Crippen LogP contribution < -0.4 is 5.32 Å². The van der Waals surface area contributed by atoms with Crippen LogP contribution in [0.2, 0.25) is 0 Å². The zero-order valence-electron chi connectivity index (χ0n) is 10.6. The van der Waals surface area contributed by atoms with Crippen LogP contribution in [-0.2, 0) is 4.74 Å². The van der Waals surface area contributed by atoms with Crippen molar-refractivity contribution in [3.63, 3.8) is 0 Å². The third-order valence-corrected chi connectivity index (χ3v) is 2.87. The van der Waals surface area contributed by atoms with Crippen LogP contribution in [0.1, 0.15) is 37.1 Å². The highest BCUT2D eigenvalue weighted by atomic mass is 16.5. The highest BCUT2D eigenvalue weighted by molar-refractivity contribution is 5.27. The van der Waals surface area contributed by atoms with E-state index in [2.05, 4.69) is 35.4 Å². The zero-order valence-corrected chi connectivity index (χ0v) is 10.6. The molecule has 1 aliphatic heterocycles. The van der Waals surface area contributed by atoms with Crippen molar-refractivity contribution in [1.82, 2.24) is 10.3 Å². The maximum atomic E-state index is 5.68. The second kappa shape index (κ2) is 5.82. The Morgan fingerprint density at radius 2 is 2.41 bits per heavy atom. The van der Waals surface area contributed by atoms with E-state index in [0.717, 1.165) is 37.4 Å². The number of aromatic nitrogens is 1. The molecule has 1 aliphatic rings. The number of nitrogens with one attached hydrogen (secondary N) is 1. The standard InChI is InChI=1S/C14H20N2O/c1-3-7-16-14(13-5-4-9-17-13)12-6-8-15-11(2)10-12/h5-6,8,10,14,16H,3-4,7,9H2,1-2H3. The van der Waals surface area contributed by atoms with Crippen molar-refractivity contribution in [3.05, 3.63) is 41.4 Å². The lowest BCUT2D eigenvalue weighted by atomic mass is 10.1. The Morgan fingerprint density at radius 3 is 3.06 bits per heavy atom. The highest BCUT2D eigenvalue weighted by Crippen LogP contribution is 2.26. The second-order valence-corrected chi connectivity index (χ2v) is 4.36. The summed E-state index contributed by atoms with van der Waals surface area (Å²) in [4.78, 5) is 4.24. The third kappa shape index (κ3) is 3.07. The minimum Gasteiger partial charge on any atom is -0.496 e. The van der Waals surface area contributed by atoms with Gasteiger partial charge in [0.1, 0.15) is 5.76 Å². The van der Waals surface area contributed by atoms with Crippen molar-refractivity contribution in [2.45, 2.75) is 32.7 Å². The van der Waals surface area contributed by atoms with Crippen molar-refractivity contribution < 1.29 is 4.74 Å². The van der Waals surface area contributed by atoms with E-state index in [9.17, 15) is 0 Å². The lowest BCUT2D eigenvalue weighted by Gasteiger charge is -2.20. The zero-order chi connectivity index (χ0) is 12.1. The molecule has 3 heteroatoms. The molecule has 3 nitrogen and oxygen atoms in total. The van der Waals surface area contributed by atoms with Crippen molar-refractivity contribution in [2.75, 3.05) is 13.2 Å². The first-order valence-corrected chi connectivity index (χ1v) is 6.30. The molecule has 2 heterocycles. The maximum Gasteiger partial charge on any atom is 0.114 e. The molecule has 1 aromatic rings. The van der Waals surface area contributed by atoms with E-state index >= 15 is 0 Å². The van der Waals surface area contributed by atoms with Gasteiger partial charge in [0.25, 0.3) is 0 Å². The molecule has 0 radical (unpaired) electrons. The van der Waals surface area contributed by atoms with Crippen LogP contribution in [0.3, 0.4) is 0 Å². The Hall–Kier alpha value is -1.35. The molecule has 0 saturated carbocycles. The number of rotatable bonds is 5. The van der Waals surface area contributed by atoms with E-state index in [1.165, 1.54) is 5.56 Å². The Balaban J connectivity index is 2.19. The number of hydrogen-bond donors (Lipinski definition) is 1. The fraction of sp³-hybridized carbons (Fsp3) is 0.500. The Kier molecular flexibility index (Phi) is 4.15. The first kappa shape index (κ1) is 12.1. The molecule has 0 bridgehead atoms. The van der Waals surface area contributed by atoms with Gasteiger partial charge in [-0.1, -0.05) is 6.92 Å². The SMILES string of the molecule is CCCNC(C1=CCCO1)c1ccnc(C)c1. The monoisotopic (exact) mass is 232 g/mol. The molecule has 0 spiro atoms. The van der Waals surface area contributed by atoms with Crippen LogP contribution >= 0.6 is 0 Å². The molecular weight excluding hydrogens is 212 g/mol. The first-order chi connectivity index (χ1) is 8.31. The lowest BCUT2D eigenvalue weighted by Crippen LogP contribution is -2.24. The second-order valence-electron chi connectivity index (χ2n) is 4.36. The molecule has 0 fully saturated rings. The molecule has 1 unspecified atom stereocenters. The molecule has 1 aromatic heterocycles. The van der Waals surface area contributed by atoms with Gasteiger partial charge >= 0.3 is 0 Å². The lowest BCUT2D eigenvalue weighted by molar-refractivity contribution is 0.215. The van der Waals surface area contributed by atoms with E-state index in [4.69, 9.17) is 4.74 Å². The predicted molar refractivity (Wildman–Crippen MR) is 68.7 cm³/mol. The van der Waals surface area contributed by atoms with E-state index < -0.39 is 0 Å². The summed E-state index contributed by atoms with van der Waals surface area (Å²) in [6, 6.07) is 4.36. The summed E-state index contributed by atoms with van der Waals surface area (Å²) in [7, 11) is 0. The van der Waals surface area contributed by atoms with Crippen LogP contribution in [0.4, 0.5) is 0 Å². The normalized spacial score (nSPS) is 16.5. The molecule has 92 valence electrons. The van der Waals surface area contributed by atoms with Crippen molar-refractivity contribution >= 4 is 0 Å². The fourth-order valence-corrected chi connectivity index (χ4v) is 2.06. The number of pyridine rings is 1. The smallest absolute Gasteiger partial charge is 0.114 e. The van der Waals surface area contributed by atoms with Gasteiger partial charge in [-0.2, -0.15) is 0 Å². The van der Waals surface area contributed by atoms with E-state index in [1.54, 1.807) is 0 Å². The summed E-state index contributed by atoms with van der Waals surface area (Å²) >= 11 is 0. The molecule has 2 rings (SSSR count).